The fraction of sp³-hybridized carbons (Fsp3) is 0.577. The van der Waals surface area contributed by atoms with Crippen LogP contribution < -0.4 is 0 Å². The number of esters is 1. The number of ketones is 1. The number of ether oxygens (including phenoxy) is 1. The third-order valence-corrected chi connectivity index (χ3v) is 7.07. The van der Waals surface area contributed by atoms with Crippen molar-refractivity contribution in [3.63, 3.8) is 0 Å². The molecule has 2 N–H and O–H groups in total. The molecule has 1 aromatic heterocycles. The summed E-state index contributed by atoms with van der Waals surface area (Å²) in [5.41, 5.74) is 2.69. The highest BCUT2D eigenvalue weighted by molar-refractivity contribution is 7.09. The normalized spacial score (nSPS) is 33.8. The standard InChI is InChI=1S/C26H37NO5S/c1-15-8-7-9-16(2)25(30)19(5)26(31)18(4)22(28)13-24(29)32-23(11-10-15)17(3)12-21-14-33-20(6)27-21/h7-8,10,12,14,16,18-19,22-23,25,28,30H,9,11,13H2,1-6H3/b8-7+,15-10+,17-12+/t16-,18+,19+,22-,23-,25-/m0/s1. The number of aliphatic hydroxyl groups is 2. The lowest BCUT2D eigenvalue weighted by Crippen LogP contribution is -2.38. The molecule has 2 rings (SSSR count). The van der Waals surface area contributed by atoms with Crippen molar-refractivity contribution in [2.24, 2.45) is 17.8 Å². The summed E-state index contributed by atoms with van der Waals surface area (Å²) in [4.78, 5) is 29.9. The number of hydrogen-bond donors (Lipinski definition) is 2. The summed E-state index contributed by atoms with van der Waals surface area (Å²) in [6, 6.07) is 0. The van der Waals surface area contributed by atoms with Gasteiger partial charge in [0.25, 0.3) is 0 Å². The van der Waals surface area contributed by atoms with E-state index in [4.69, 9.17) is 4.74 Å². The van der Waals surface area contributed by atoms with E-state index in [1.165, 1.54) is 0 Å². The van der Waals surface area contributed by atoms with Gasteiger partial charge in [-0.15, -0.1) is 11.3 Å². The summed E-state index contributed by atoms with van der Waals surface area (Å²) in [6.45, 7) is 11.0. The molecule has 0 saturated carbocycles. The zero-order valence-corrected chi connectivity index (χ0v) is 21.3. The van der Waals surface area contributed by atoms with Gasteiger partial charge in [0.2, 0.25) is 0 Å². The maximum atomic E-state index is 12.8. The third-order valence-electron chi connectivity index (χ3n) is 6.28. The van der Waals surface area contributed by atoms with Crippen molar-refractivity contribution in [1.29, 1.82) is 0 Å². The van der Waals surface area contributed by atoms with Crippen LogP contribution in [-0.4, -0.2) is 45.3 Å². The number of carbonyl (C=O) groups excluding carboxylic acids is 2. The van der Waals surface area contributed by atoms with Crippen molar-refractivity contribution in [3.8, 4) is 0 Å². The van der Waals surface area contributed by atoms with Crippen LogP contribution in [0.3, 0.4) is 0 Å². The SMILES string of the molecule is CC1=C\C[C@@H](/C(C)=C/c2csc(C)n2)OC(=O)C[C@H](O)[C@@H](C)C(=O)[C@H](C)[C@@H](O)[C@@H](C)C\C=C\1. The maximum Gasteiger partial charge on any atom is 0.309 e. The van der Waals surface area contributed by atoms with E-state index in [0.29, 0.717) is 12.8 Å². The van der Waals surface area contributed by atoms with Gasteiger partial charge >= 0.3 is 5.97 Å². The van der Waals surface area contributed by atoms with Crippen LogP contribution in [-0.2, 0) is 14.3 Å². The summed E-state index contributed by atoms with van der Waals surface area (Å²) < 4.78 is 5.74. The molecule has 0 aliphatic carbocycles. The van der Waals surface area contributed by atoms with Crippen molar-refractivity contribution in [2.45, 2.75) is 79.1 Å². The zero-order chi connectivity index (χ0) is 24.7. The molecule has 0 saturated heterocycles. The van der Waals surface area contributed by atoms with Crippen LogP contribution in [0.15, 0.2) is 34.8 Å². The molecule has 6 atom stereocenters. The van der Waals surface area contributed by atoms with Crippen LogP contribution in [0.25, 0.3) is 6.08 Å². The van der Waals surface area contributed by atoms with Crippen LogP contribution in [0.2, 0.25) is 0 Å². The Morgan fingerprint density at radius 2 is 1.85 bits per heavy atom. The van der Waals surface area contributed by atoms with Gasteiger partial charge in [-0.05, 0) is 44.8 Å². The molecule has 1 aliphatic heterocycles. The van der Waals surface area contributed by atoms with E-state index < -0.39 is 36.1 Å². The van der Waals surface area contributed by atoms with Gasteiger partial charge in [0.1, 0.15) is 11.9 Å². The van der Waals surface area contributed by atoms with Crippen molar-refractivity contribution < 1.29 is 24.5 Å². The van der Waals surface area contributed by atoms with E-state index in [-0.39, 0.29) is 18.1 Å². The highest BCUT2D eigenvalue weighted by atomic mass is 32.1. The van der Waals surface area contributed by atoms with Gasteiger partial charge in [-0.2, -0.15) is 0 Å². The molecule has 0 spiro atoms. The number of aryl methyl sites for hydroxylation is 1. The van der Waals surface area contributed by atoms with Gasteiger partial charge in [-0.3, -0.25) is 9.59 Å². The van der Waals surface area contributed by atoms with E-state index in [9.17, 15) is 19.8 Å². The first-order valence-electron chi connectivity index (χ1n) is 11.5. The molecule has 33 heavy (non-hydrogen) atoms. The van der Waals surface area contributed by atoms with Gasteiger partial charge < -0.3 is 14.9 Å². The molecule has 0 bridgehead atoms. The van der Waals surface area contributed by atoms with Crippen molar-refractivity contribution >= 4 is 29.2 Å². The lowest BCUT2D eigenvalue weighted by atomic mass is 9.82. The number of cyclic esters (lactones) is 1. The van der Waals surface area contributed by atoms with E-state index in [1.807, 2.05) is 57.4 Å². The van der Waals surface area contributed by atoms with E-state index in [1.54, 1.807) is 25.2 Å². The number of thiazole rings is 1. The number of rotatable bonds is 2. The van der Waals surface area contributed by atoms with Crippen LogP contribution in [0.5, 0.6) is 0 Å². The Morgan fingerprint density at radius 3 is 2.48 bits per heavy atom. The van der Waals surface area contributed by atoms with Crippen LogP contribution in [0.1, 0.15) is 64.6 Å². The Labute approximate surface area is 201 Å². The second-order valence-electron chi connectivity index (χ2n) is 9.20. The Bertz CT molecular complexity index is 916. The van der Waals surface area contributed by atoms with Gasteiger partial charge in [0.15, 0.2) is 0 Å². The van der Waals surface area contributed by atoms with Crippen molar-refractivity contribution in [3.05, 3.63) is 45.5 Å². The monoisotopic (exact) mass is 475 g/mol. The van der Waals surface area contributed by atoms with E-state index >= 15 is 0 Å². The predicted octanol–water partition coefficient (Wildman–Crippen LogP) is 4.65. The van der Waals surface area contributed by atoms with Crippen molar-refractivity contribution in [2.75, 3.05) is 0 Å². The number of hydrogen-bond acceptors (Lipinski definition) is 7. The minimum atomic E-state index is -1.17. The number of carbonyl (C=O) groups is 2. The lowest BCUT2D eigenvalue weighted by molar-refractivity contribution is -0.151. The topological polar surface area (TPSA) is 96.7 Å². The molecule has 6 nitrogen and oxygen atoms in total. The number of aromatic nitrogens is 1. The first-order valence-corrected chi connectivity index (χ1v) is 12.4. The van der Waals surface area contributed by atoms with E-state index in [2.05, 4.69) is 4.98 Å². The minimum Gasteiger partial charge on any atom is -0.457 e. The third kappa shape index (κ3) is 8.02. The second-order valence-corrected chi connectivity index (χ2v) is 10.3. The minimum absolute atomic E-state index is 0.116. The average molecular weight is 476 g/mol. The van der Waals surface area contributed by atoms with E-state index in [0.717, 1.165) is 21.8 Å². The molecular weight excluding hydrogens is 438 g/mol. The molecule has 1 aliphatic rings. The molecule has 0 unspecified atom stereocenters. The highest BCUT2D eigenvalue weighted by Gasteiger charge is 2.33. The smallest absolute Gasteiger partial charge is 0.309 e. The fourth-order valence-electron chi connectivity index (χ4n) is 3.89. The van der Waals surface area contributed by atoms with Crippen LogP contribution in [0, 0.1) is 24.7 Å². The Hall–Kier alpha value is -2.09. The molecule has 1 aromatic rings. The van der Waals surface area contributed by atoms with Crippen LogP contribution >= 0.6 is 11.3 Å². The number of nitrogens with zero attached hydrogens (tertiary/aromatic N) is 1. The van der Waals surface area contributed by atoms with Gasteiger partial charge in [0, 0.05) is 23.6 Å². The summed E-state index contributed by atoms with van der Waals surface area (Å²) in [5.74, 6) is -2.36. The first kappa shape index (κ1) is 27.2. The second kappa shape index (κ2) is 12.4. The summed E-state index contributed by atoms with van der Waals surface area (Å²) in [5, 5.41) is 24.1. The molecule has 0 aromatic carbocycles. The van der Waals surface area contributed by atoms with Gasteiger partial charge in [0.05, 0.1) is 29.3 Å². The van der Waals surface area contributed by atoms with Gasteiger partial charge in [-0.25, -0.2) is 4.98 Å². The first-order chi connectivity index (χ1) is 15.5. The number of Topliss-reactive ketones (excluding diaryl/α,β-unsaturated/α-hetero) is 1. The molecule has 7 heteroatoms. The number of aliphatic hydroxyl groups excluding tert-OH is 2. The summed E-state index contributed by atoms with van der Waals surface area (Å²) >= 11 is 1.55. The molecule has 182 valence electrons. The van der Waals surface area contributed by atoms with Crippen LogP contribution in [0.4, 0.5) is 0 Å². The molecule has 2 heterocycles. The Morgan fingerprint density at radius 1 is 1.15 bits per heavy atom. The molecule has 0 amide bonds. The molecular formula is C26H37NO5S. The Balaban J connectivity index is 2.32. The van der Waals surface area contributed by atoms with Gasteiger partial charge in [-0.1, -0.05) is 44.6 Å². The highest BCUT2D eigenvalue weighted by Crippen LogP contribution is 2.24. The fourth-order valence-corrected chi connectivity index (χ4v) is 4.46. The molecule has 0 radical (unpaired) electrons. The predicted molar refractivity (Wildman–Crippen MR) is 132 cm³/mol. The molecule has 0 fully saturated rings. The summed E-state index contributed by atoms with van der Waals surface area (Å²) in [7, 11) is 0. The maximum absolute atomic E-state index is 12.8. The van der Waals surface area contributed by atoms with Crippen molar-refractivity contribution in [1.82, 2.24) is 4.98 Å². The summed E-state index contributed by atoms with van der Waals surface area (Å²) in [6.07, 6.45) is 6.20. The lowest BCUT2D eigenvalue weighted by Gasteiger charge is -2.27. The number of allylic oxidation sites excluding steroid dienone is 3. The zero-order valence-electron chi connectivity index (χ0n) is 20.4. The quantitative estimate of drug-likeness (QED) is 0.604. The average Bonchev–Trinajstić information content (AvgIpc) is 3.17. The Kier molecular flexibility index (Phi) is 10.2. The largest absolute Gasteiger partial charge is 0.457 e.